The molecule has 4 nitrogen and oxygen atoms in total. The van der Waals surface area contributed by atoms with Crippen molar-refractivity contribution in [1.82, 2.24) is 5.43 Å². The van der Waals surface area contributed by atoms with Crippen LogP contribution in [0.1, 0.15) is 86.7 Å². The fourth-order valence-corrected chi connectivity index (χ4v) is 3.19. The van der Waals surface area contributed by atoms with Crippen LogP contribution in [0.4, 0.5) is 0 Å². The minimum atomic E-state index is -0.226. The largest absolute Gasteiger partial charge is 0.494 e. The highest BCUT2D eigenvalue weighted by atomic mass is 16.5. The van der Waals surface area contributed by atoms with Gasteiger partial charge in [0.15, 0.2) is 0 Å². The molecule has 0 saturated heterocycles. The van der Waals surface area contributed by atoms with E-state index in [1.807, 2.05) is 50.2 Å². The first kappa shape index (κ1) is 23.7. The average Bonchev–Trinajstić information content (AvgIpc) is 2.77. The van der Waals surface area contributed by atoms with E-state index in [0.717, 1.165) is 30.1 Å². The van der Waals surface area contributed by atoms with Gasteiger partial charge in [-0.2, -0.15) is 5.10 Å². The molecule has 0 aliphatic carbocycles. The van der Waals surface area contributed by atoms with Crippen molar-refractivity contribution < 1.29 is 9.53 Å². The summed E-state index contributed by atoms with van der Waals surface area (Å²) < 4.78 is 5.79. The number of nitrogens with zero attached hydrogens (tertiary/aromatic N) is 1. The number of benzene rings is 2. The number of aryl methyl sites for hydroxylation is 1. The van der Waals surface area contributed by atoms with Crippen LogP contribution in [0.25, 0.3) is 0 Å². The van der Waals surface area contributed by atoms with Crippen molar-refractivity contribution in [2.45, 2.75) is 72.1 Å². The summed E-state index contributed by atoms with van der Waals surface area (Å²) >= 11 is 0. The van der Waals surface area contributed by atoms with Crippen LogP contribution in [0.15, 0.2) is 53.6 Å². The maximum atomic E-state index is 12.3. The lowest BCUT2D eigenvalue weighted by Gasteiger charge is -2.07. The summed E-state index contributed by atoms with van der Waals surface area (Å²) in [6.07, 6.45) is 10.3. The lowest BCUT2D eigenvalue weighted by Crippen LogP contribution is -2.19. The maximum Gasteiger partial charge on any atom is 0.271 e. The number of carbonyl (C=O) groups excluding carboxylic acids is 1. The average molecular weight is 409 g/mol. The Morgan fingerprint density at radius 2 is 1.40 bits per heavy atom. The van der Waals surface area contributed by atoms with Crippen molar-refractivity contribution >= 4 is 11.6 Å². The lowest BCUT2D eigenvalue weighted by molar-refractivity contribution is 0.0955. The Morgan fingerprint density at radius 1 is 0.833 bits per heavy atom. The third kappa shape index (κ3) is 8.81. The molecule has 0 aliphatic heterocycles. The van der Waals surface area contributed by atoms with Gasteiger partial charge >= 0.3 is 0 Å². The lowest BCUT2D eigenvalue weighted by atomic mass is 10.1. The first-order valence-electron chi connectivity index (χ1n) is 11.2. The number of hydrazone groups is 1. The van der Waals surface area contributed by atoms with Crippen molar-refractivity contribution in [3.05, 3.63) is 65.2 Å². The van der Waals surface area contributed by atoms with Gasteiger partial charge in [0.2, 0.25) is 0 Å². The Hall–Kier alpha value is -2.62. The number of rotatable bonds is 13. The van der Waals surface area contributed by atoms with Gasteiger partial charge in [-0.25, -0.2) is 5.43 Å². The molecular weight excluding hydrogens is 372 g/mol. The maximum absolute atomic E-state index is 12.3. The molecule has 1 amide bonds. The Labute approximate surface area is 181 Å². The van der Waals surface area contributed by atoms with Gasteiger partial charge in [0, 0.05) is 5.56 Å². The van der Waals surface area contributed by atoms with Gasteiger partial charge in [0.1, 0.15) is 5.75 Å². The first-order chi connectivity index (χ1) is 14.6. The highest BCUT2D eigenvalue weighted by Crippen LogP contribution is 2.14. The highest BCUT2D eigenvalue weighted by Gasteiger charge is 2.05. The molecule has 1 N–H and O–H groups in total. The number of amides is 1. The number of unbranched alkanes of at least 4 members (excludes halogenated alkanes) is 7. The molecule has 4 heteroatoms. The Morgan fingerprint density at radius 3 is 2.03 bits per heavy atom. The van der Waals surface area contributed by atoms with E-state index >= 15 is 0 Å². The molecule has 0 atom stereocenters. The number of carbonyl (C=O) groups is 1. The molecule has 2 rings (SSSR count). The molecule has 0 unspecified atom stereocenters. The van der Waals surface area contributed by atoms with Crippen molar-refractivity contribution in [3.63, 3.8) is 0 Å². The van der Waals surface area contributed by atoms with Gasteiger partial charge in [-0.15, -0.1) is 0 Å². The summed E-state index contributed by atoms with van der Waals surface area (Å²) in [7, 11) is 0. The SMILES string of the molecule is CCCCCCCCCCOc1ccc(C(=O)N/N=C(\C)c2ccc(C)cc2)cc1. The van der Waals surface area contributed by atoms with Gasteiger partial charge in [-0.3, -0.25) is 4.79 Å². The van der Waals surface area contributed by atoms with Crippen LogP contribution in [0, 0.1) is 6.92 Å². The van der Waals surface area contributed by atoms with Gasteiger partial charge in [-0.05, 0) is 50.1 Å². The second-order valence-electron chi connectivity index (χ2n) is 7.85. The predicted molar refractivity (Wildman–Crippen MR) is 125 cm³/mol. The smallest absolute Gasteiger partial charge is 0.271 e. The van der Waals surface area contributed by atoms with Crippen LogP contribution in [0.2, 0.25) is 0 Å². The van der Waals surface area contributed by atoms with E-state index in [4.69, 9.17) is 4.74 Å². The fourth-order valence-electron chi connectivity index (χ4n) is 3.19. The van der Waals surface area contributed by atoms with Crippen molar-refractivity contribution in [2.75, 3.05) is 6.61 Å². The Kier molecular flexibility index (Phi) is 10.7. The summed E-state index contributed by atoms with van der Waals surface area (Å²) in [6, 6.07) is 15.3. The van der Waals surface area contributed by atoms with E-state index in [9.17, 15) is 4.79 Å². The minimum Gasteiger partial charge on any atom is -0.494 e. The molecule has 2 aromatic rings. The van der Waals surface area contributed by atoms with Crippen molar-refractivity contribution in [2.24, 2.45) is 5.10 Å². The van der Waals surface area contributed by atoms with Gasteiger partial charge in [-0.1, -0.05) is 81.7 Å². The van der Waals surface area contributed by atoms with E-state index in [-0.39, 0.29) is 5.91 Å². The van der Waals surface area contributed by atoms with E-state index in [1.165, 1.54) is 50.5 Å². The van der Waals surface area contributed by atoms with E-state index in [1.54, 1.807) is 12.1 Å². The highest BCUT2D eigenvalue weighted by molar-refractivity contribution is 6.00. The normalized spacial score (nSPS) is 11.4. The third-order valence-electron chi connectivity index (χ3n) is 5.18. The van der Waals surface area contributed by atoms with Gasteiger partial charge in [0.05, 0.1) is 12.3 Å². The van der Waals surface area contributed by atoms with Crippen LogP contribution in [0.3, 0.4) is 0 Å². The number of hydrogen-bond acceptors (Lipinski definition) is 3. The monoisotopic (exact) mass is 408 g/mol. The molecule has 0 bridgehead atoms. The molecule has 0 radical (unpaired) electrons. The molecule has 0 fully saturated rings. The van der Waals surface area contributed by atoms with Crippen LogP contribution < -0.4 is 10.2 Å². The van der Waals surface area contributed by atoms with Crippen molar-refractivity contribution in [3.8, 4) is 5.75 Å². The molecular formula is C26H36N2O2. The summed E-state index contributed by atoms with van der Waals surface area (Å²) in [6.45, 7) is 6.90. The topological polar surface area (TPSA) is 50.7 Å². The Balaban J connectivity index is 1.68. The molecule has 0 saturated carbocycles. The minimum absolute atomic E-state index is 0.226. The molecule has 0 aliphatic rings. The molecule has 30 heavy (non-hydrogen) atoms. The van der Waals surface area contributed by atoms with Gasteiger partial charge < -0.3 is 4.74 Å². The standard InChI is InChI=1S/C26H36N2O2/c1-4-5-6-7-8-9-10-11-20-30-25-18-16-24(17-19-25)26(29)28-27-22(3)23-14-12-21(2)13-15-23/h12-19H,4-11,20H2,1-3H3,(H,28,29)/b27-22+. The number of ether oxygens (including phenoxy) is 1. The Bertz CT molecular complexity index is 780. The van der Waals surface area contributed by atoms with Crippen LogP contribution in [-0.2, 0) is 0 Å². The molecule has 0 aromatic heterocycles. The summed E-state index contributed by atoms with van der Waals surface area (Å²) in [5.41, 5.74) is 6.15. The van der Waals surface area contributed by atoms with E-state index < -0.39 is 0 Å². The molecule has 0 heterocycles. The van der Waals surface area contributed by atoms with E-state index in [2.05, 4.69) is 17.5 Å². The second-order valence-corrected chi connectivity index (χ2v) is 7.85. The fraction of sp³-hybridized carbons (Fsp3) is 0.462. The zero-order valence-corrected chi connectivity index (χ0v) is 18.7. The molecule has 0 spiro atoms. The summed E-state index contributed by atoms with van der Waals surface area (Å²) in [5, 5.41) is 4.21. The predicted octanol–water partition coefficient (Wildman–Crippen LogP) is 6.67. The van der Waals surface area contributed by atoms with Crippen molar-refractivity contribution in [1.29, 1.82) is 0 Å². The second kappa shape index (κ2) is 13.6. The number of nitrogens with one attached hydrogen (secondary N) is 1. The van der Waals surface area contributed by atoms with Gasteiger partial charge in [0.25, 0.3) is 5.91 Å². The van der Waals surface area contributed by atoms with Crippen LogP contribution in [0.5, 0.6) is 5.75 Å². The first-order valence-corrected chi connectivity index (χ1v) is 11.2. The zero-order valence-electron chi connectivity index (χ0n) is 18.7. The zero-order chi connectivity index (χ0) is 21.6. The number of hydrogen-bond donors (Lipinski definition) is 1. The summed E-state index contributed by atoms with van der Waals surface area (Å²) in [5.74, 6) is 0.574. The third-order valence-corrected chi connectivity index (χ3v) is 5.18. The van der Waals surface area contributed by atoms with Crippen LogP contribution in [-0.4, -0.2) is 18.2 Å². The molecule has 162 valence electrons. The van der Waals surface area contributed by atoms with Crippen LogP contribution >= 0.6 is 0 Å². The summed E-state index contributed by atoms with van der Waals surface area (Å²) in [4.78, 5) is 12.3. The molecule has 2 aromatic carbocycles. The van der Waals surface area contributed by atoms with E-state index in [0.29, 0.717) is 5.56 Å². The quantitative estimate of drug-likeness (QED) is 0.229.